The van der Waals surface area contributed by atoms with Crippen LogP contribution in [-0.2, 0) is 6.54 Å². The first-order valence-corrected chi connectivity index (χ1v) is 6.60. The van der Waals surface area contributed by atoms with Gasteiger partial charge in [0.15, 0.2) is 0 Å². The number of amides is 1. The highest BCUT2D eigenvalue weighted by Crippen LogP contribution is 2.18. The minimum Gasteiger partial charge on any atom is -0.347 e. The molecule has 0 aliphatic heterocycles. The van der Waals surface area contributed by atoms with Crippen molar-refractivity contribution in [2.24, 2.45) is 0 Å². The van der Waals surface area contributed by atoms with E-state index < -0.39 is 11.7 Å². The molecule has 0 atom stereocenters. The Morgan fingerprint density at radius 2 is 2.18 bits per heavy atom. The lowest BCUT2D eigenvalue weighted by Crippen LogP contribution is -2.23. The first kappa shape index (κ1) is 12.3. The number of carbonyl (C=O) groups is 1. The van der Waals surface area contributed by atoms with Gasteiger partial charge in [-0.2, -0.15) is 0 Å². The Bertz CT molecular complexity index is 527. The van der Waals surface area contributed by atoms with Crippen molar-refractivity contribution in [3.05, 3.63) is 56.4 Å². The van der Waals surface area contributed by atoms with Crippen molar-refractivity contribution in [2.45, 2.75) is 6.54 Å². The number of nitrogens with one attached hydrogen (secondary N) is 1. The Balaban J connectivity index is 2.07. The fourth-order valence-corrected chi connectivity index (χ4v) is 2.37. The van der Waals surface area contributed by atoms with Crippen LogP contribution >= 0.6 is 27.3 Å². The highest BCUT2D eigenvalue weighted by Gasteiger charge is 2.13. The van der Waals surface area contributed by atoms with Gasteiger partial charge in [-0.15, -0.1) is 11.3 Å². The molecule has 0 fully saturated rings. The third-order valence-electron chi connectivity index (χ3n) is 2.20. The van der Waals surface area contributed by atoms with Crippen molar-refractivity contribution in [2.75, 3.05) is 0 Å². The van der Waals surface area contributed by atoms with Gasteiger partial charge in [0.2, 0.25) is 0 Å². The van der Waals surface area contributed by atoms with Crippen LogP contribution in [-0.4, -0.2) is 5.91 Å². The van der Waals surface area contributed by atoms with Crippen molar-refractivity contribution < 1.29 is 9.18 Å². The molecular formula is C12H9BrFNOS. The first-order valence-electron chi connectivity index (χ1n) is 4.93. The maximum atomic E-state index is 13.6. The van der Waals surface area contributed by atoms with E-state index in [2.05, 4.69) is 21.2 Å². The molecule has 5 heteroatoms. The summed E-state index contributed by atoms with van der Waals surface area (Å²) >= 11 is 4.60. The van der Waals surface area contributed by atoms with Crippen LogP contribution < -0.4 is 5.32 Å². The Labute approximate surface area is 111 Å². The Kier molecular flexibility index (Phi) is 3.91. The van der Waals surface area contributed by atoms with Crippen molar-refractivity contribution in [3.63, 3.8) is 0 Å². The predicted molar refractivity (Wildman–Crippen MR) is 69.6 cm³/mol. The first-order chi connectivity index (χ1) is 8.18. The molecule has 2 nitrogen and oxygen atoms in total. The number of hydrogen-bond acceptors (Lipinski definition) is 2. The number of hydrogen-bond donors (Lipinski definition) is 1. The van der Waals surface area contributed by atoms with Crippen molar-refractivity contribution in [1.29, 1.82) is 0 Å². The largest absolute Gasteiger partial charge is 0.347 e. The Hall–Kier alpha value is -1.20. The van der Waals surface area contributed by atoms with E-state index in [9.17, 15) is 9.18 Å². The molecule has 0 bridgehead atoms. The summed E-state index contributed by atoms with van der Waals surface area (Å²) in [4.78, 5) is 12.8. The number of rotatable bonds is 3. The zero-order valence-electron chi connectivity index (χ0n) is 8.74. The molecule has 17 heavy (non-hydrogen) atoms. The maximum absolute atomic E-state index is 13.6. The van der Waals surface area contributed by atoms with E-state index >= 15 is 0 Å². The molecule has 2 aromatic rings. The summed E-state index contributed by atoms with van der Waals surface area (Å²) in [6.45, 7) is 0.419. The molecular weight excluding hydrogens is 305 g/mol. The average Bonchev–Trinajstić information content (AvgIpc) is 2.82. The quantitative estimate of drug-likeness (QED) is 0.922. The Morgan fingerprint density at radius 3 is 2.88 bits per heavy atom. The lowest BCUT2D eigenvalue weighted by molar-refractivity contribution is 0.0947. The fraction of sp³-hybridized carbons (Fsp3) is 0.0833. The van der Waals surface area contributed by atoms with E-state index in [-0.39, 0.29) is 5.56 Å². The van der Waals surface area contributed by atoms with Gasteiger partial charge in [-0.3, -0.25) is 4.79 Å². The van der Waals surface area contributed by atoms with Gasteiger partial charge in [0, 0.05) is 4.88 Å². The molecule has 1 aromatic carbocycles. The van der Waals surface area contributed by atoms with E-state index in [1.54, 1.807) is 23.5 Å². The molecule has 0 radical (unpaired) electrons. The average molecular weight is 314 g/mol. The second kappa shape index (κ2) is 5.42. The summed E-state index contributed by atoms with van der Waals surface area (Å²) in [5, 5.41) is 4.61. The summed E-state index contributed by atoms with van der Waals surface area (Å²) in [6, 6.07) is 8.48. The third kappa shape index (κ3) is 2.92. The van der Waals surface area contributed by atoms with Crippen molar-refractivity contribution in [3.8, 4) is 0 Å². The van der Waals surface area contributed by atoms with Crippen molar-refractivity contribution in [1.82, 2.24) is 5.32 Å². The third-order valence-corrected chi connectivity index (χ3v) is 3.69. The van der Waals surface area contributed by atoms with Gasteiger partial charge in [-0.1, -0.05) is 12.1 Å². The monoisotopic (exact) mass is 313 g/mol. The number of carbonyl (C=O) groups excluding carboxylic acids is 1. The van der Waals surface area contributed by atoms with E-state index in [1.165, 1.54) is 6.07 Å². The molecule has 1 N–H and O–H groups in total. The molecule has 1 aromatic heterocycles. The maximum Gasteiger partial charge on any atom is 0.254 e. The minimum absolute atomic E-state index is 0.0518. The molecule has 0 aliphatic carbocycles. The van der Waals surface area contributed by atoms with Crippen LogP contribution in [0.15, 0.2) is 40.2 Å². The lowest BCUT2D eigenvalue weighted by Gasteiger charge is -2.05. The highest BCUT2D eigenvalue weighted by atomic mass is 79.9. The van der Waals surface area contributed by atoms with Gasteiger partial charge in [-0.05, 0) is 39.5 Å². The van der Waals surface area contributed by atoms with Gasteiger partial charge in [0.1, 0.15) is 5.82 Å². The molecule has 0 unspecified atom stereocenters. The second-order valence-corrected chi connectivity index (χ2v) is 5.25. The van der Waals surface area contributed by atoms with E-state index in [0.29, 0.717) is 11.0 Å². The van der Waals surface area contributed by atoms with E-state index in [0.717, 1.165) is 4.88 Å². The van der Waals surface area contributed by atoms with Gasteiger partial charge in [0.05, 0.1) is 16.6 Å². The van der Waals surface area contributed by atoms with Crippen LogP contribution in [0.1, 0.15) is 15.2 Å². The van der Waals surface area contributed by atoms with Gasteiger partial charge in [0.25, 0.3) is 5.91 Å². The topological polar surface area (TPSA) is 29.1 Å². The molecule has 1 amide bonds. The molecule has 0 saturated heterocycles. The van der Waals surface area contributed by atoms with Crippen LogP contribution in [0.3, 0.4) is 0 Å². The van der Waals surface area contributed by atoms with Gasteiger partial charge >= 0.3 is 0 Å². The van der Waals surface area contributed by atoms with Crippen LogP contribution in [0.4, 0.5) is 4.39 Å². The summed E-state index contributed by atoms with van der Waals surface area (Å²) < 4.78 is 13.9. The molecule has 2 rings (SSSR count). The molecule has 88 valence electrons. The number of thiophene rings is 1. The molecule has 0 spiro atoms. The predicted octanol–water partition coefficient (Wildman–Crippen LogP) is 3.58. The van der Waals surface area contributed by atoms with Crippen LogP contribution in [0, 0.1) is 5.82 Å². The lowest BCUT2D eigenvalue weighted by atomic mass is 10.2. The summed E-state index contributed by atoms with van der Waals surface area (Å²) in [5.41, 5.74) is 0.0518. The number of halogens is 2. The number of benzene rings is 1. The standard InChI is InChI=1S/C12H9BrFNOS/c13-10-5-1-4-9(11(10)14)12(16)15-7-8-3-2-6-17-8/h1-6H,7H2,(H,15,16). The molecule has 0 aliphatic rings. The minimum atomic E-state index is -0.531. The van der Waals surface area contributed by atoms with Crippen LogP contribution in [0.25, 0.3) is 0 Å². The summed E-state index contributed by atoms with van der Waals surface area (Å²) in [5.74, 6) is -0.937. The van der Waals surface area contributed by atoms with Crippen LogP contribution in [0.5, 0.6) is 0 Å². The summed E-state index contributed by atoms with van der Waals surface area (Å²) in [6.07, 6.45) is 0. The molecule has 0 saturated carbocycles. The molecule has 1 heterocycles. The van der Waals surface area contributed by atoms with E-state index in [1.807, 2.05) is 17.5 Å². The second-order valence-electron chi connectivity index (χ2n) is 3.36. The van der Waals surface area contributed by atoms with Crippen LogP contribution in [0.2, 0.25) is 0 Å². The van der Waals surface area contributed by atoms with E-state index in [4.69, 9.17) is 0 Å². The fourth-order valence-electron chi connectivity index (χ4n) is 1.35. The zero-order chi connectivity index (χ0) is 12.3. The summed E-state index contributed by atoms with van der Waals surface area (Å²) in [7, 11) is 0. The smallest absolute Gasteiger partial charge is 0.254 e. The Morgan fingerprint density at radius 1 is 1.35 bits per heavy atom. The zero-order valence-corrected chi connectivity index (χ0v) is 11.1. The SMILES string of the molecule is O=C(NCc1cccs1)c1cccc(Br)c1F. The highest BCUT2D eigenvalue weighted by molar-refractivity contribution is 9.10. The normalized spacial score (nSPS) is 10.2. The van der Waals surface area contributed by atoms with Gasteiger partial charge in [-0.25, -0.2) is 4.39 Å². The van der Waals surface area contributed by atoms with Crippen molar-refractivity contribution >= 4 is 33.2 Å². The van der Waals surface area contributed by atoms with Gasteiger partial charge < -0.3 is 5.32 Å².